The molecule has 0 atom stereocenters. The van der Waals surface area contributed by atoms with Gasteiger partial charge < -0.3 is 15.2 Å². The number of benzene rings is 2. The Hall–Kier alpha value is -4.73. The number of ether oxygens (including phenoxy) is 2. The second kappa shape index (κ2) is 8.19. The van der Waals surface area contributed by atoms with Gasteiger partial charge >= 0.3 is 6.09 Å². The van der Waals surface area contributed by atoms with Crippen LogP contribution >= 0.6 is 0 Å². The Labute approximate surface area is 181 Å². The van der Waals surface area contributed by atoms with Crippen LogP contribution in [0.1, 0.15) is 11.3 Å². The number of anilines is 1. The molecule has 2 aromatic heterocycles. The smallest absolute Gasteiger partial charge is 0.424 e. The number of rotatable bonds is 5. The molecule has 0 spiro atoms. The van der Waals surface area contributed by atoms with Gasteiger partial charge in [-0.3, -0.25) is 10.1 Å². The molecule has 2 N–H and O–H groups in total. The van der Waals surface area contributed by atoms with E-state index < -0.39 is 11.0 Å². The van der Waals surface area contributed by atoms with Crippen molar-refractivity contribution in [3.63, 3.8) is 0 Å². The normalized spacial score (nSPS) is 10.7. The molecular weight excluding hydrogens is 414 g/mol. The second-order valence-corrected chi connectivity index (χ2v) is 6.74. The second-order valence-electron chi connectivity index (χ2n) is 6.74. The first-order valence-corrected chi connectivity index (χ1v) is 9.37. The molecule has 0 aliphatic rings. The maximum Gasteiger partial charge on any atom is 0.424 e. The highest BCUT2D eigenvalue weighted by molar-refractivity contribution is 5.92. The maximum absolute atomic E-state index is 12.8. The molecule has 0 radical (unpaired) electrons. The molecule has 160 valence electrons. The van der Waals surface area contributed by atoms with E-state index in [1.54, 1.807) is 25.1 Å². The predicted molar refractivity (Wildman–Crippen MR) is 118 cm³/mol. The topological polar surface area (TPSA) is 135 Å². The summed E-state index contributed by atoms with van der Waals surface area (Å²) >= 11 is 0. The molecule has 10 nitrogen and oxygen atoms in total. The van der Waals surface area contributed by atoms with Crippen LogP contribution in [-0.2, 0) is 0 Å². The van der Waals surface area contributed by atoms with E-state index in [4.69, 9.17) is 15.2 Å². The molecule has 4 aromatic rings. The number of nitro benzene ring substituents is 1. The Bertz CT molecular complexity index is 1360. The summed E-state index contributed by atoms with van der Waals surface area (Å²) in [5.41, 5.74) is 7.46. The van der Waals surface area contributed by atoms with Crippen LogP contribution in [0.4, 0.5) is 16.3 Å². The zero-order valence-corrected chi connectivity index (χ0v) is 16.9. The van der Waals surface area contributed by atoms with E-state index in [2.05, 4.69) is 16.5 Å². The number of nitro groups is 1. The number of hydrogen-bond donors (Lipinski definition) is 1. The summed E-state index contributed by atoms with van der Waals surface area (Å²) in [6, 6.07) is 12.2. The molecule has 2 heterocycles. The first-order valence-electron chi connectivity index (χ1n) is 9.37. The maximum atomic E-state index is 12.8. The number of nitrogen functional groups attached to an aromatic ring is 1. The number of hydrogen-bond acceptors (Lipinski definition) is 8. The van der Waals surface area contributed by atoms with Gasteiger partial charge in [0.2, 0.25) is 5.88 Å². The van der Waals surface area contributed by atoms with Gasteiger partial charge in [-0.15, -0.1) is 0 Å². The Morgan fingerprint density at radius 2 is 1.88 bits per heavy atom. The summed E-state index contributed by atoms with van der Waals surface area (Å²) in [6.07, 6.45) is 2.17. The lowest BCUT2D eigenvalue weighted by atomic mass is 10.2. The molecule has 2 aromatic carbocycles. The molecule has 0 fully saturated rings. The van der Waals surface area contributed by atoms with Crippen LogP contribution in [-0.4, -0.2) is 25.6 Å². The fourth-order valence-corrected chi connectivity index (χ4v) is 3.20. The van der Waals surface area contributed by atoms with Crippen LogP contribution in [0, 0.1) is 17.0 Å². The molecule has 10 heteroatoms. The summed E-state index contributed by atoms with van der Waals surface area (Å²) in [4.78, 5) is 31.0. The zero-order valence-electron chi connectivity index (χ0n) is 16.9. The highest BCUT2D eigenvalue weighted by atomic mass is 16.6. The number of aryl methyl sites for hydroxylation is 1. The summed E-state index contributed by atoms with van der Waals surface area (Å²) in [5, 5.41) is 11.5. The first-order chi connectivity index (χ1) is 15.4. The Balaban J connectivity index is 1.61. The van der Waals surface area contributed by atoms with Crippen molar-refractivity contribution >= 4 is 34.6 Å². The van der Waals surface area contributed by atoms with Crippen molar-refractivity contribution in [3.05, 3.63) is 82.8 Å². The van der Waals surface area contributed by atoms with Gasteiger partial charge in [0.15, 0.2) is 0 Å². The molecule has 0 saturated carbocycles. The van der Waals surface area contributed by atoms with E-state index >= 15 is 0 Å². The van der Waals surface area contributed by atoms with E-state index in [0.717, 1.165) is 5.39 Å². The van der Waals surface area contributed by atoms with E-state index in [9.17, 15) is 14.9 Å². The van der Waals surface area contributed by atoms with Crippen molar-refractivity contribution in [2.24, 2.45) is 0 Å². The number of fused-ring (bicyclic) bond motifs is 1. The van der Waals surface area contributed by atoms with E-state index in [1.165, 1.54) is 41.2 Å². The molecule has 0 saturated heterocycles. The van der Waals surface area contributed by atoms with Crippen LogP contribution in [0.2, 0.25) is 0 Å². The predicted octanol–water partition coefficient (Wildman–Crippen LogP) is 4.71. The average molecular weight is 431 g/mol. The van der Waals surface area contributed by atoms with E-state index in [0.29, 0.717) is 22.5 Å². The fourth-order valence-electron chi connectivity index (χ4n) is 3.20. The lowest BCUT2D eigenvalue weighted by Crippen LogP contribution is -2.17. The first kappa shape index (κ1) is 20.5. The molecule has 32 heavy (non-hydrogen) atoms. The minimum Gasteiger partial charge on any atom is -0.438 e. The molecule has 0 aliphatic carbocycles. The van der Waals surface area contributed by atoms with Gasteiger partial charge in [0.25, 0.3) is 5.69 Å². The third-order valence-corrected chi connectivity index (χ3v) is 4.69. The average Bonchev–Trinajstić information content (AvgIpc) is 3.09. The number of nitrogens with two attached hydrogens (primary N) is 1. The molecule has 0 aliphatic heterocycles. The van der Waals surface area contributed by atoms with E-state index in [-0.39, 0.29) is 23.1 Å². The SMILES string of the molecule is C=Cc1c(N)ncnc1Oc1ccc2c(c1)cc(C)n2C(=O)Oc1ccc([N+](=O)[O-])cc1. The third kappa shape index (κ3) is 3.84. The summed E-state index contributed by atoms with van der Waals surface area (Å²) in [5.74, 6) is 1.20. The minimum atomic E-state index is -0.641. The zero-order chi connectivity index (χ0) is 22.8. The van der Waals surface area contributed by atoms with Crippen molar-refractivity contribution < 1.29 is 19.2 Å². The van der Waals surface area contributed by atoms with Gasteiger partial charge in [-0.1, -0.05) is 12.7 Å². The van der Waals surface area contributed by atoms with Gasteiger partial charge in [-0.05, 0) is 43.3 Å². The Kier molecular flexibility index (Phi) is 5.25. The van der Waals surface area contributed by atoms with Crippen LogP contribution < -0.4 is 15.2 Å². The van der Waals surface area contributed by atoms with Crippen LogP contribution in [0.25, 0.3) is 17.0 Å². The number of carbonyl (C=O) groups is 1. The van der Waals surface area contributed by atoms with E-state index in [1.807, 2.05) is 6.07 Å². The Morgan fingerprint density at radius 1 is 1.16 bits per heavy atom. The monoisotopic (exact) mass is 431 g/mol. The van der Waals surface area contributed by atoms with Gasteiger partial charge in [-0.25, -0.2) is 19.3 Å². The lowest BCUT2D eigenvalue weighted by Gasteiger charge is -2.10. The largest absolute Gasteiger partial charge is 0.438 e. The van der Waals surface area contributed by atoms with Crippen LogP contribution in [0.3, 0.4) is 0 Å². The van der Waals surface area contributed by atoms with Crippen molar-refractivity contribution in [1.29, 1.82) is 0 Å². The van der Waals surface area contributed by atoms with Crippen LogP contribution in [0.5, 0.6) is 17.4 Å². The Morgan fingerprint density at radius 3 is 2.56 bits per heavy atom. The third-order valence-electron chi connectivity index (χ3n) is 4.69. The van der Waals surface area contributed by atoms with Gasteiger partial charge in [0.1, 0.15) is 23.6 Å². The standard InChI is InChI=1S/C22H17N5O5/c1-3-18-20(23)24-12-25-21(18)31-17-8-9-19-14(11-17)10-13(2)26(19)22(28)32-16-6-4-15(5-7-16)27(29)30/h3-12H,1H2,2H3,(H2,23,24,25). The summed E-state index contributed by atoms with van der Waals surface area (Å²) < 4.78 is 12.6. The number of aromatic nitrogens is 3. The molecule has 0 amide bonds. The minimum absolute atomic E-state index is 0.0926. The quantitative estimate of drug-likeness (QED) is 0.354. The number of carbonyl (C=O) groups excluding carboxylic acids is 1. The highest BCUT2D eigenvalue weighted by Crippen LogP contribution is 2.30. The number of non-ortho nitro benzene ring substituents is 1. The fraction of sp³-hybridized carbons (Fsp3) is 0.0455. The lowest BCUT2D eigenvalue weighted by molar-refractivity contribution is -0.384. The van der Waals surface area contributed by atoms with Crippen molar-refractivity contribution in [2.75, 3.05) is 5.73 Å². The molecule has 0 bridgehead atoms. The summed E-state index contributed by atoms with van der Waals surface area (Å²) in [6.45, 7) is 5.46. The van der Waals surface area contributed by atoms with Gasteiger partial charge in [0, 0.05) is 23.2 Å². The van der Waals surface area contributed by atoms with Crippen LogP contribution in [0.15, 0.2) is 61.4 Å². The van der Waals surface area contributed by atoms with Gasteiger partial charge in [-0.2, -0.15) is 0 Å². The molecule has 0 unspecified atom stereocenters. The molecule has 4 rings (SSSR count). The highest BCUT2D eigenvalue weighted by Gasteiger charge is 2.17. The van der Waals surface area contributed by atoms with Crippen molar-refractivity contribution in [1.82, 2.24) is 14.5 Å². The molecular formula is C22H17N5O5. The van der Waals surface area contributed by atoms with Gasteiger partial charge in [0.05, 0.1) is 16.0 Å². The summed E-state index contributed by atoms with van der Waals surface area (Å²) in [7, 11) is 0. The number of nitrogens with zero attached hydrogens (tertiary/aromatic N) is 4. The van der Waals surface area contributed by atoms with Crippen molar-refractivity contribution in [3.8, 4) is 17.4 Å². The van der Waals surface area contributed by atoms with Crippen molar-refractivity contribution in [2.45, 2.75) is 6.92 Å².